The highest BCUT2D eigenvalue weighted by atomic mass is 35.5. The molecule has 184 valence electrons. The standard InChI is InChI=1S/C23H26F3N5O2.ClH/c24-23(25,26)16-10-17(30-21(32)9-14-5-7-33-20(28)8-14)13-31(12-16)19-4-3-15(11-27)22-18(19)2-1-6-29-22;/h1-4,6,14,16-17,20H,5,7-10,12-13,28H2,(H,30,32);1H. The minimum atomic E-state index is -4.39. The molecule has 2 saturated heterocycles. The number of carbonyl (C=O) groups is 1. The van der Waals surface area contributed by atoms with Crippen LogP contribution in [0.4, 0.5) is 18.9 Å². The number of nitriles is 1. The van der Waals surface area contributed by atoms with Crippen LogP contribution in [0.25, 0.3) is 10.9 Å². The van der Waals surface area contributed by atoms with Crippen LogP contribution in [-0.4, -0.2) is 49.0 Å². The van der Waals surface area contributed by atoms with Crippen molar-refractivity contribution in [2.45, 2.75) is 44.1 Å². The minimum Gasteiger partial charge on any atom is -0.368 e. The Balaban J connectivity index is 0.00000324. The number of piperidine rings is 1. The minimum absolute atomic E-state index is 0. The molecule has 34 heavy (non-hydrogen) atoms. The van der Waals surface area contributed by atoms with Gasteiger partial charge in [0.2, 0.25) is 5.91 Å². The molecule has 4 atom stereocenters. The fraction of sp³-hybridized carbons (Fsp3) is 0.522. The first kappa shape index (κ1) is 26.0. The van der Waals surface area contributed by atoms with E-state index in [1.807, 2.05) is 0 Å². The lowest BCUT2D eigenvalue weighted by molar-refractivity contribution is -0.178. The van der Waals surface area contributed by atoms with Crippen LogP contribution in [0.2, 0.25) is 0 Å². The van der Waals surface area contributed by atoms with E-state index in [4.69, 9.17) is 10.5 Å². The number of carbonyl (C=O) groups excluding carboxylic acids is 1. The number of hydrogen-bond donors (Lipinski definition) is 2. The van der Waals surface area contributed by atoms with Crippen molar-refractivity contribution >= 4 is 34.9 Å². The Morgan fingerprint density at radius 3 is 2.79 bits per heavy atom. The normalized spacial score (nSPS) is 25.3. The number of benzene rings is 1. The van der Waals surface area contributed by atoms with Crippen molar-refractivity contribution in [2.75, 3.05) is 24.6 Å². The Hall–Kier alpha value is -2.61. The fourth-order valence-corrected chi connectivity index (χ4v) is 4.80. The van der Waals surface area contributed by atoms with Crippen LogP contribution < -0.4 is 16.0 Å². The van der Waals surface area contributed by atoms with E-state index in [0.717, 1.165) is 0 Å². The van der Waals surface area contributed by atoms with Gasteiger partial charge in [0, 0.05) is 49.4 Å². The summed E-state index contributed by atoms with van der Waals surface area (Å²) in [4.78, 5) is 18.5. The van der Waals surface area contributed by atoms with Gasteiger partial charge in [-0.1, -0.05) is 0 Å². The second kappa shape index (κ2) is 10.8. The Bertz CT molecular complexity index is 1060. The van der Waals surface area contributed by atoms with Crippen molar-refractivity contribution in [3.8, 4) is 6.07 Å². The molecule has 2 aromatic rings. The summed E-state index contributed by atoms with van der Waals surface area (Å²) < 4.78 is 46.6. The van der Waals surface area contributed by atoms with Gasteiger partial charge in [-0.3, -0.25) is 9.78 Å². The second-order valence-electron chi connectivity index (χ2n) is 8.79. The summed E-state index contributed by atoms with van der Waals surface area (Å²) >= 11 is 0. The first-order valence-electron chi connectivity index (χ1n) is 11.0. The first-order valence-corrected chi connectivity index (χ1v) is 11.0. The molecule has 7 nitrogen and oxygen atoms in total. The highest BCUT2D eigenvalue weighted by molar-refractivity contribution is 5.95. The number of nitrogens with two attached hydrogens (primary N) is 1. The molecule has 0 saturated carbocycles. The van der Waals surface area contributed by atoms with E-state index in [1.165, 1.54) is 0 Å². The van der Waals surface area contributed by atoms with Crippen LogP contribution in [0.15, 0.2) is 30.5 Å². The van der Waals surface area contributed by atoms with E-state index in [-0.39, 0.29) is 50.2 Å². The average molecular weight is 498 g/mol. The number of anilines is 1. The molecule has 0 aliphatic carbocycles. The number of amides is 1. The third kappa shape index (κ3) is 5.90. The summed E-state index contributed by atoms with van der Waals surface area (Å²) in [5, 5.41) is 12.8. The van der Waals surface area contributed by atoms with Gasteiger partial charge >= 0.3 is 6.18 Å². The highest BCUT2D eigenvalue weighted by Crippen LogP contribution is 2.37. The quantitative estimate of drug-likeness (QED) is 0.670. The van der Waals surface area contributed by atoms with E-state index in [0.29, 0.717) is 41.6 Å². The van der Waals surface area contributed by atoms with Gasteiger partial charge in [-0.25, -0.2) is 0 Å². The van der Waals surface area contributed by atoms with E-state index < -0.39 is 24.4 Å². The van der Waals surface area contributed by atoms with Crippen LogP contribution in [0.3, 0.4) is 0 Å². The number of alkyl halides is 3. The Morgan fingerprint density at radius 1 is 1.29 bits per heavy atom. The van der Waals surface area contributed by atoms with Crippen molar-refractivity contribution in [1.29, 1.82) is 5.26 Å². The van der Waals surface area contributed by atoms with Gasteiger partial charge in [0.1, 0.15) is 12.3 Å². The molecule has 2 aliphatic rings. The number of pyridine rings is 1. The van der Waals surface area contributed by atoms with Gasteiger partial charge in [0.25, 0.3) is 0 Å². The van der Waals surface area contributed by atoms with Gasteiger partial charge in [-0.05, 0) is 49.4 Å². The van der Waals surface area contributed by atoms with Crippen molar-refractivity contribution in [2.24, 2.45) is 17.6 Å². The Kier molecular flexibility index (Phi) is 8.23. The summed E-state index contributed by atoms with van der Waals surface area (Å²) in [6.45, 7) is 0.494. The zero-order valence-corrected chi connectivity index (χ0v) is 19.2. The zero-order valence-electron chi connectivity index (χ0n) is 18.4. The molecule has 1 aromatic carbocycles. The number of hydrogen-bond acceptors (Lipinski definition) is 6. The van der Waals surface area contributed by atoms with Gasteiger partial charge < -0.3 is 20.7 Å². The SMILES string of the molecule is Cl.N#Cc1ccc(N2CC(NC(=O)CC3CCOC(N)C3)CC(C(F)(F)F)C2)c2cccnc12. The maximum absolute atomic E-state index is 13.8. The molecule has 2 fully saturated rings. The lowest BCUT2D eigenvalue weighted by Crippen LogP contribution is -2.54. The molecule has 3 heterocycles. The smallest absolute Gasteiger partial charge is 0.368 e. The average Bonchev–Trinajstić information content (AvgIpc) is 2.77. The zero-order chi connectivity index (χ0) is 23.6. The molecule has 3 N–H and O–H groups in total. The topological polar surface area (TPSA) is 104 Å². The van der Waals surface area contributed by atoms with E-state index >= 15 is 0 Å². The van der Waals surface area contributed by atoms with Gasteiger partial charge in [0.15, 0.2) is 0 Å². The molecule has 4 unspecified atom stereocenters. The number of ether oxygens (including phenoxy) is 1. The third-order valence-electron chi connectivity index (χ3n) is 6.38. The predicted octanol–water partition coefficient (Wildman–Crippen LogP) is 3.50. The van der Waals surface area contributed by atoms with Crippen LogP contribution >= 0.6 is 12.4 Å². The summed E-state index contributed by atoms with van der Waals surface area (Å²) in [6.07, 6.45) is -1.95. The number of fused-ring (bicyclic) bond motifs is 1. The van der Waals surface area contributed by atoms with Crippen molar-refractivity contribution in [1.82, 2.24) is 10.3 Å². The lowest BCUT2D eigenvalue weighted by atomic mass is 9.91. The molecule has 0 bridgehead atoms. The fourth-order valence-electron chi connectivity index (χ4n) is 4.80. The van der Waals surface area contributed by atoms with E-state index in [1.54, 1.807) is 35.4 Å². The number of aromatic nitrogens is 1. The highest BCUT2D eigenvalue weighted by Gasteiger charge is 2.45. The second-order valence-corrected chi connectivity index (χ2v) is 8.79. The van der Waals surface area contributed by atoms with E-state index in [2.05, 4.69) is 16.4 Å². The van der Waals surface area contributed by atoms with Gasteiger partial charge in [0.05, 0.1) is 17.0 Å². The number of rotatable bonds is 4. The van der Waals surface area contributed by atoms with Gasteiger partial charge in [-0.15, -0.1) is 12.4 Å². The van der Waals surface area contributed by atoms with Crippen LogP contribution in [0.5, 0.6) is 0 Å². The third-order valence-corrected chi connectivity index (χ3v) is 6.38. The summed E-state index contributed by atoms with van der Waals surface area (Å²) in [5.41, 5.74) is 7.17. The molecule has 0 radical (unpaired) electrons. The number of halogens is 4. The predicted molar refractivity (Wildman–Crippen MR) is 123 cm³/mol. The van der Waals surface area contributed by atoms with Crippen LogP contribution in [-0.2, 0) is 9.53 Å². The first-order chi connectivity index (χ1) is 15.7. The molecule has 11 heteroatoms. The molecule has 1 amide bonds. The molecule has 2 aliphatic heterocycles. The maximum Gasteiger partial charge on any atom is 0.393 e. The molecule has 4 rings (SSSR count). The van der Waals surface area contributed by atoms with Gasteiger partial charge in [-0.2, -0.15) is 18.4 Å². The van der Waals surface area contributed by atoms with E-state index in [9.17, 15) is 23.2 Å². The Labute approximate surface area is 201 Å². The maximum atomic E-state index is 13.8. The summed E-state index contributed by atoms with van der Waals surface area (Å²) in [6, 6.07) is 8.08. The summed E-state index contributed by atoms with van der Waals surface area (Å²) in [7, 11) is 0. The van der Waals surface area contributed by atoms with Crippen LogP contribution in [0, 0.1) is 23.2 Å². The monoisotopic (exact) mass is 497 g/mol. The molecular formula is C23H27ClF3N5O2. The van der Waals surface area contributed by atoms with Crippen molar-refractivity contribution < 1.29 is 22.7 Å². The Morgan fingerprint density at radius 2 is 2.09 bits per heavy atom. The molecular weight excluding hydrogens is 471 g/mol. The number of nitrogens with one attached hydrogen (secondary N) is 1. The largest absolute Gasteiger partial charge is 0.393 e. The molecule has 1 aromatic heterocycles. The van der Waals surface area contributed by atoms with Crippen LogP contribution in [0.1, 0.15) is 31.2 Å². The van der Waals surface area contributed by atoms with Crippen molar-refractivity contribution in [3.05, 3.63) is 36.0 Å². The lowest BCUT2D eigenvalue weighted by Gasteiger charge is -2.40. The number of nitrogens with zero attached hydrogens (tertiary/aromatic N) is 3. The molecule has 0 spiro atoms. The summed E-state index contributed by atoms with van der Waals surface area (Å²) in [5.74, 6) is -1.80. The van der Waals surface area contributed by atoms with Crippen molar-refractivity contribution in [3.63, 3.8) is 0 Å².